The molecular formula is C15H29N3. The number of hydrogen-bond acceptors (Lipinski definition) is 3. The van der Waals surface area contributed by atoms with E-state index in [9.17, 15) is 0 Å². The van der Waals surface area contributed by atoms with E-state index in [1.807, 2.05) is 0 Å². The van der Waals surface area contributed by atoms with Crippen molar-refractivity contribution in [3.05, 3.63) is 0 Å². The smallest absolute Gasteiger partial charge is 0.0192 e. The maximum absolute atomic E-state index is 3.75. The molecule has 3 rings (SSSR count). The highest BCUT2D eigenvalue weighted by molar-refractivity contribution is 4.92. The van der Waals surface area contributed by atoms with Crippen molar-refractivity contribution in [3.63, 3.8) is 0 Å². The molecule has 3 heteroatoms. The van der Waals surface area contributed by atoms with Gasteiger partial charge in [-0.05, 0) is 58.5 Å². The number of piperazine rings is 1. The summed E-state index contributed by atoms with van der Waals surface area (Å²) in [6, 6.07) is 2.46. The molecule has 3 saturated heterocycles. The number of fused-ring (bicyclic) bond motifs is 2. The molecule has 0 amide bonds. The molecule has 3 unspecified atom stereocenters. The average molecular weight is 251 g/mol. The molecule has 0 aromatic rings. The summed E-state index contributed by atoms with van der Waals surface area (Å²) in [6.45, 7) is 7.49. The van der Waals surface area contributed by atoms with Crippen molar-refractivity contribution in [2.24, 2.45) is 5.92 Å². The van der Waals surface area contributed by atoms with Gasteiger partial charge < -0.3 is 15.1 Å². The fourth-order valence-corrected chi connectivity index (χ4v) is 4.10. The number of rotatable bonds is 3. The molecule has 0 aromatic heterocycles. The van der Waals surface area contributed by atoms with Gasteiger partial charge in [-0.1, -0.05) is 0 Å². The SMILES string of the molecule is CC1CN(CCC2CC3CCC(C2)N3)CCN1C. The molecule has 1 N–H and O–H groups in total. The Balaban J connectivity index is 1.42. The van der Waals surface area contributed by atoms with Crippen molar-refractivity contribution in [3.8, 4) is 0 Å². The van der Waals surface area contributed by atoms with Gasteiger partial charge in [0.05, 0.1) is 0 Å². The number of nitrogens with one attached hydrogen (secondary N) is 1. The van der Waals surface area contributed by atoms with Crippen LogP contribution in [0.4, 0.5) is 0 Å². The van der Waals surface area contributed by atoms with Gasteiger partial charge in [-0.25, -0.2) is 0 Å². The molecule has 104 valence electrons. The third-order valence-corrected chi connectivity index (χ3v) is 5.47. The molecule has 3 nitrogen and oxygen atoms in total. The van der Waals surface area contributed by atoms with E-state index in [2.05, 4.69) is 29.1 Å². The molecule has 3 aliphatic rings. The minimum absolute atomic E-state index is 0.739. The van der Waals surface area contributed by atoms with Crippen molar-refractivity contribution >= 4 is 0 Å². The minimum atomic E-state index is 0.739. The van der Waals surface area contributed by atoms with Crippen molar-refractivity contribution in [2.75, 3.05) is 33.2 Å². The fourth-order valence-electron chi connectivity index (χ4n) is 4.10. The first-order valence-electron chi connectivity index (χ1n) is 7.89. The molecule has 2 bridgehead atoms. The second-order valence-electron chi connectivity index (χ2n) is 6.89. The second-order valence-corrected chi connectivity index (χ2v) is 6.89. The Labute approximate surface area is 112 Å². The number of likely N-dealkylation sites (N-methyl/N-ethyl adjacent to an activating group) is 1. The lowest BCUT2D eigenvalue weighted by atomic mass is 9.89. The van der Waals surface area contributed by atoms with Gasteiger partial charge >= 0.3 is 0 Å². The number of hydrogen-bond donors (Lipinski definition) is 1. The predicted octanol–water partition coefficient (Wildman–Crippen LogP) is 1.54. The highest BCUT2D eigenvalue weighted by Gasteiger charge is 2.33. The summed E-state index contributed by atoms with van der Waals surface area (Å²) < 4.78 is 0. The molecule has 18 heavy (non-hydrogen) atoms. The Morgan fingerprint density at radius 2 is 1.83 bits per heavy atom. The van der Waals surface area contributed by atoms with Crippen LogP contribution in [0.1, 0.15) is 39.0 Å². The van der Waals surface area contributed by atoms with Gasteiger partial charge in [0.25, 0.3) is 0 Å². The molecular weight excluding hydrogens is 222 g/mol. The molecule has 0 aromatic carbocycles. The Hall–Kier alpha value is -0.120. The molecule has 3 atom stereocenters. The summed E-state index contributed by atoms with van der Waals surface area (Å²) >= 11 is 0. The van der Waals surface area contributed by atoms with Gasteiger partial charge in [-0.3, -0.25) is 0 Å². The van der Waals surface area contributed by atoms with Crippen LogP contribution in [-0.4, -0.2) is 61.2 Å². The molecule has 3 aliphatic heterocycles. The molecule has 0 radical (unpaired) electrons. The molecule has 0 aliphatic carbocycles. The minimum Gasteiger partial charge on any atom is -0.311 e. The van der Waals surface area contributed by atoms with Gasteiger partial charge in [0, 0.05) is 37.8 Å². The van der Waals surface area contributed by atoms with Crippen LogP contribution in [0, 0.1) is 5.92 Å². The fraction of sp³-hybridized carbons (Fsp3) is 1.00. The molecule has 3 fully saturated rings. The first-order valence-corrected chi connectivity index (χ1v) is 7.89. The Morgan fingerprint density at radius 3 is 2.50 bits per heavy atom. The summed E-state index contributed by atoms with van der Waals surface area (Å²) in [7, 11) is 2.26. The van der Waals surface area contributed by atoms with E-state index in [4.69, 9.17) is 0 Å². The highest BCUT2D eigenvalue weighted by atomic mass is 15.3. The summed E-state index contributed by atoms with van der Waals surface area (Å²) in [6.07, 6.45) is 7.20. The van der Waals surface area contributed by atoms with Gasteiger partial charge in [-0.2, -0.15) is 0 Å². The van der Waals surface area contributed by atoms with E-state index in [1.54, 1.807) is 0 Å². The number of piperidine rings is 1. The zero-order valence-corrected chi connectivity index (χ0v) is 12.1. The van der Waals surface area contributed by atoms with Crippen LogP contribution in [0.25, 0.3) is 0 Å². The normalized spacial score (nSPS) is 42.3. The van der Waals surface area contributed by atoms with E-state index in [1.165, 1.54) is 58.3 Å². The standard InChI is InChI=1S/C15H29N3/c1-12-11-18(8-7-17(12)2)6-5-13-9-14-3-4-15(10-13)16-14/h12-16H,3-11H2,1-2H3. The van der Waals surface area contributed by atoms with E-state index in [0.717, 1.165) is 24.0 Å². The van der Waals surface area contributed by atoms with Crippen LogP contribution in [0.5, 0.6) is 0 Å². The van der Waals surface area contributed by atoms with Crippen LogP contribution in [-0.2, 0) is 0 Å². The van der Waals surface area contributed by atoms with Crippen LogP contribution in [0.2, 0.25) is 0 Å². The maximum Gasteiger partial charge on any atom is 0.0192 e. The Kier molecular flexibility index (Phi) is 3.92. The van der Waals surface area contributed by atoms with Crippen LogP contribution in [0.3, 0.4) is 0 Å². The van der Waals surface area contributed by atoms with Crippen molar-refractivity contribution in [1.29, 1.82) is 0 Å². The van der Waals surface area contributed by atoms with Gasteiger partial charge in [-0.15, -0.1) is 0 Å². The first-order chi connectivity index (χ1) is 8.70. The lowest BCUT2D eigenvalue weighted by Crippen LogP contribution is -2.50. The second kappa shape index (κ2) is 5.48. The highest BCUT2D eigenvalue weighted by Crippen LogP contribution is 2.32. The molecule has 3 heterocycles. The van der Waals surface area contributed by atoms with E-state index in [0.29, 0.717) is 0 Å². The molecule has 0 spiro atoms. The predicted molar refractivity (Wildman–Crippen MR) is 75.8 cm³/mol. The lowest BCUT2D eigenvalue weighted by molar-refractivity contribution is 0.0971. The van der Waals surface area contributed by atoms with Gasteiger partial charge in [0.2, 0.25) is 0 Å². The van der Waals surface area contributed by atoms with Crippen molar-refractivity contribution in [2.45, 2.75) is 57.2 Å². The quantitative estimate of drug-likeness (QED) is 0.821. The van der Waals surface area contributed by atoms with Crippen LogP contribution >= 0.6 is 0 Å². The average Bonchev–Trinajstić information content (AvgIpc) is 2.70. The first kappa shape index (κ1) is 12.9. The summed E-state index contributed by atoms with van der Waals surface area (Å²) in [5, 5.41) is 3.75. The van der Waals surface area contributed by atoms with Crippen molar-refractivity contribution in [1.82, 2.24) is 15.1 Å². The third kappa shape index (κ3) is 2.89. The zero-order chi connectivity index (χ0) is 12.5. The lowest BCUT2D eigenvalue weighted by Gasteiger charge is -2.38. The maximum atomic E-state index is 3.75. The largest absolute Gasteiger partial charge is 0.311 e. The zero-order valence-electron chi connectivity index (χ0n) is 12.1. The summed E-state index contributed by atoms with van der Waals surface area (Å²) in [5.74, 6) is 0.999. The summed E-state index contributed by atoms with van der Waals surface area (Å²) in [5.41, 5.74) is 0. The Morgan fingerprint density at radius 1 is 1.11 bits per heavy atom. The Bertz CT molecular complexity index is 269. The van der Waals surface area contributed by atoms with Gasteiger partial charge in [0.1, 0.15) is 0 Å². The number of nitrogens with zero attached hydrogens (tertiary/aromatic N) is 2. The van der Waals surface area contributed by atoms with E-state index >= 15 is 0 Å². The summed E-state index contributed by atoms with van der Waals surface area (Å²) in [4.78, 5) is 5.18. The van der Waals surface area contributed by atoms with Crippen LogP contribution < -0.4 is 5.32 Å². The third-order valence-electron chi connectivity index (χ3n) is 5.47. The van der Waals surface area contributed by atoms with Crippen molar-refractivity contribution < 1.29 is 0 Å². The molecule has 0 saturated carbocycles. The van der Waals surface area contributed by atoms with E-state index in [-0.39, 0.29) is 0 Å². The van der Waals surface area contributed by atoms with Gasteiger partial charge in [0.15, 0.2) is 0 Å². The van der Waals surface area contributed by atoms with Crippen LogP contribution in [0.15, 0.2) is 0 Å². The monoisotopic (exact) mass is 251 g/mol. The topological polar surface area (TPSA) is 18.5 Å². The van der Waals surface area contributed by atoms with E-state index < -0.39 is 0 Å².